The van der Waals surface area contributed by atoms with E-state index in [-0.39, 0.29) is 11.0 Å². The summed E-state index contributed by atoms with van der Waals surface area (Å²) < 4.78 is 0. The number of allylic oxidation sites excluding steroid dienone is 1. The Morgan fingerprint density at radius 1 is 1.18 bits per heavy atom. The van der Waals surface area contributed by atoms with Crippen molar-refractivity contribution >= 4 is 5.91 Å². The standard InChI is InChI=1S/C14H18N2O/c15-8-12(13(16)17)7-14-4-9-1-10(5-14)3-11(2-9)6-14/h7,9-11H,1-6H2,(H2,16,17). The number of rotatable bonds is 2. The minimum atomic E-state index is -0.566. The van der Waals surface area contributed by atoms with Gasteiger partial charge in [-0.1, -0.05) is 6.08 Å². The Morgan fingerprint density at radius 3 is 2.00 bits per heavy atom. The largest absolute Gasteiger partial charge is 0.365 e. The predicted molar refractivity (Wildman–Crippen MR) is 63.5 cm³/mol. The van der Waals surface area contributed by atoms with Gasteiger partial charge in [0.2, 0.25) is 0 Å². The van der Waals surface area contributed by atoms with Crippen LogP contribution in [0.4, 0.5) is 0 Å². The van der Waals surface area contributed by atoms with Gasteiger partial charge >= 0.3 is 0 Å². The number of amides is 1. The van der Waals surface area contributed by atoms with E-state index in [2.05, 4.69) is 0 Å². The van der Waals surface area contributed by atoms with Crippen LogP contribution in [-0.2, 0) is 4.79 Å². The molecule has 0 spiro atoms. The fraction of sp³-hybridized carbons (Fsp3) is 0.714. The second kappa shape index (κ2) is 3.60. The molecule has 4 saturated carbocycles. The van der Waals surface area contributed by atoms with Gasteiger partial charge in [-0.3, -0.25) is 4.79 Å². The maximum absolute atomic E-state index is 11.2. The zero-order valence-corrected chi connectivity index (χ0v) is 9.98. The molecule has 0 aromatic heterocycles. The summed E-state index contributed by atoms with van der Waals surface area (Å²) in [6.07, 6.45) is 9.51. The van der Waals surface area contributed by atoms with Gasteiger partial charge in [0, 0.05) is 0 Å². The van der Waals surface area contributed by atoms with Crippen molar-refractivity contribution in [2.24, 2.45) is 28.9 Å². The molecule has 0 unspecified atom stereocenters. The minimum absolute atomic E-state index is 0.120. The molecule has 3 nitrogen and oxygen atoms in total. The van der Waals surface area contributed by atoms with Crippen LogP contribution < -0.4 is 5.73 Å². The van der Waals surface area contributed by atoms with Crippen molar-refractivity contribution < 1.29 is 4.79 Å². The maximum Gasteiger partial charge on any atom is 0.259 e. The summed E-state index contributed by atoms with van der Waals surface area (Å²) in [6, 6.07) is 1.96. The van der Waals surface area contributed by atoms with Crippen molar-refractivity contribution in [1.29, 1.82) is 5.26 Å². The molecule has 0 saturated heterocycles. The summed E-state index contributed by atoms with van der Waals surface area (Å²) in [4.78, 5) is 11.2. The van der Waals surface area contributed by atoms with Crippen LogP contribution in [0.25, 0.3) is 0 Å². The van der Waals surface area contributed by atoms with Gasteiger partial charge in [-0.25, -0.2) is 0 Å². The summed E-state index contributed by atoms with van der Waals surface area (Å²) in [5.41, 5.74) is 5.54. The Balaban J connectivity index is 1.92. The van der Waals surface area contributed by atoms with Crippen molar-refractivity contribution in [3.05, 3.63) is 11.6 Å². The molecule has 3 heteroatoms. The zero-order chi connectivity index (χ0) is 12.0. The summed E-state index contributed by atoms with van der Waals surface area (Å²) in [6.45, 7) is 0. The molecule has 17 heavy (non-hydrogen) atoms. The Morgan fingerprint density at radius 2 is 1.65 bits per heavy atom. The van der Waals surface area contributed by atoms with Gasteiger partial charge in [-0.15, -0.1) is 0 Å². The molecular weight excluding hydrogens is 212 g/mol. The van der Waals surface area contributed by atoms with Crippen LogP contribution in [0.2, 0.25) is 0 Å². The van der Waals surface area contributed by atoms with Gasteiger partial charge < -0.3 is 5.73 Å². The van der Waals surface area contributed by atoms with Crippen LogP contribution in [0, 0.1) is 34.5 Å². The quantitative estimate of drug-likeness (QED) is 0.583. The van der Waals surface area contributed by atoms with Crippen LogP contribution in [-0.4, -0.2) is 5.91 Å². The first-order chi connectivity index (χ1) is 8.10. The fourth-order valence-corrected chi connectivity index (χ4v) is 4.82. The second-order valence-electron chi connectivity index (χ2n) is 6.31. The van der Waals surface area contributed by atoms with Crippen molar-refractivity contribution in [2.45, 2.75) is 38.5 Å². The molecule has 90 valence electrons. The molecule has 0 heterocycles. The van der Waals surface area contributed by atoms with Crippen LogP contribution in [0.3, 0.4) is 0 Å². The molecule has 1 amide bonds. The van der Waals surface area contributed by atoms with Gasteiger partial charge in [-0.2, -0.15) is 5.26 Å². The third-order valence-electron chi connectivity index (χ3n) is 4.92. The Bertz CT molecular complexity index is 395. The van der Waals surface area contributed by atoms with Crippen LogP contribution >= 0.6 is 0 Å². The smallest absolute Gasteiger partial charge is 0.259 e. The molecule has 0 aromatic carbocycles. The molecule has 4 aliphatic carbocycles. The highest BCUT2D eigenvalue weighted by Gasteiger charge is 2.50. The number of nitrogens with zero attached hydrogens (tertiary/aromatic N) is 1. The molecule has 0 aromatic rings. The second-order valence-corrected chi connectivity index (χ2v) is 6.31. The minimum Gasteiger partial charge on any atom is -0.365 e. The zero-order valence-electron chi connectivity index (χ0n) is 9.98. The van der Waals surface area contributed by atoms with E-state index < -0.39 is 5.91 Å². The summed E-state index contributed by atoms with van der Waals surface area (Å²) >= 11 is 0. The summed E-state index contributed by atoms with van der Waals surface area (Å²) in [5.74, 6) is 1.91. The van der Waals surface area contributed by atoms with E-state index >= 15 is 0 Å². The average molecular weight is 230 g/mol. The molecule has 0 aliphatic heterocycles. The molecule has 4 rings (SSSR count). The van der Waals surface area contributed by atoms with E-state index in [1.807, 2.05) is 12.1 Å². The topological polar surface area (TPSA) is 66.9 Å². The third-order valence-corrected chi connectivity index (χ3v) is 4.92. The lowest BCUT2D eigenvalue weighted by Gasteiger charge is -2.55. The van der Waals surface area contributed by atoms with Crippen LogP contribution in [0.1, 0.15) is 38.5 Å². The monoisotopic (exact) mass is 230 g/mol. The van der Waals surface area contributed by atoms with Gasteiger partial charge in [0.1, 0.15) is 11.6 Å². The first kappa shape index (κ1) is 10.8. The van der Waals surface area contributed by atoms with E-state index in [0.29, 0.717) is 0 Å². The summed E-state index contributed by atoms with van der Waals surface area (Å²) in [5, 5.41) is 8.98. The average Bonchev–Trinajstić information content (AvgIpc) is 2.23. The lowest BCUT2D eigenvalue weighted by molar-refractivity contribution is -0.114. The van der Waals surface area contributed by atoms with Gasteiger partial charge in [0.15, 0.2) is 0 Å². The SMILES string of the molecule is N#CC(=CC12CC3CC(CC(C3)C1)C2)C(N)=O. The van der Waals surface area contributed by atoms with Crippen molar-refractivity contribution in [3.63, 3.8) is 0 Å². The van der Waals surface area contributed by atoms with Crippen LogP contribution in [0.5, 0.6) is 0 Å². The fourth-order valence-electron chi connectivity index (χ4n) is 4.82. The predicted octanol–water partition coefficient (Wildman–Crippen LogP) is 2.14. The first-order valence-electron chi connectivity index (χ1n) is 6.53. The lowest BCUT2D eigenvalue weighted by Crippen LogP contribution is -2.45. The number of hydrogen-bond donors (Lipinski definition) is 1. The highest BCUT2D eigenvalue weighted by molar-refractivity contribution is 5.96. The normalized spacial score (nSPS) is 43.5. The van der Waals surface area contributed by atoms with E-state index in [1.54, 1.807) is 0 Å². The maximum atomic E-state index is 11.2. The van der Waals surface area contributed by atoms with Crippen molar-refractivity contribution in [2.75, 3.05) is 0 Å². The molecule has 4 aliphatic rings. The Hall–Kier alpha value is -1.30. The van der Waals surface area contributed by atoms with E-state index in [4.69, 9.17) is 11.0 Å². The number of primary amides is 1. The lowest BCUT2D eigenvalue weighted by atomic mass is 9.49. The molecular formula is C14H18N2O. The number of hydrogen-bond acceptors (Lipinski definition) is 2. The third kappa shape index (κ3) is 1.76. The number of carbonyl (C=O) groups is 1. The molecule has 2 N–H and O–H groups in total. The van der Waals surface area contributed by atoms with Gasteiger partial charge in [0.25, 0.3) is 5.91 Å². The van der Waals surface area contributed by atoms with E-state index in [0.717, 1.165) is 17.8 Å². The number of nitriles is 1. The van der Waals surface area contributed by atoms with Crippen molar-refractivity contribution in [3.8, 4) is 6.07 Å². The number of carbonyl (C=O) groups excluding carboxylic acids is 1. The van der Waals surface area contributed by atoms with Crippen LogP contribution in [0.15, 0.2) is 11.6 Å². The molecule has 4 fully saturated rings. The number of nitrogens with two attached hydrogens (primary N) is 1. The molecule has 4 bridgehead atoms. The Labute approximate surface area is 102 Å². The highest BCUT2D eigenvalue weighted by Crippen LogP contribution is 2.60. The highest BCUT2D eigenvalue weighted by atomic mass is 16.1. The molecule has 0 radical (unpaired) electrons. The van der Waals surface area contributed by atoms with Crippen molar-refractivity contribution in [1.82, 2.24) is 0 Å². The summed E-state index contributed by atoms with van der Waals surface area (Å²) in [7, 11) is 0. The van der Waals surface area contributed by atoms with Gasteiger partial charge in [0.05, 0.1) is 0 Å². The molecule has 0 atom stereocenters. The van der Waals surface area contributed by atoms with E-state index in [1.165, 1.54) is 38.5 Å². The Kier molecular flexibility index (Phi) is 2.29. The van der Waals surface area contributed by atoms with E-state index in [9.17, 15) is 4.79 Å². The van der Waals surface area contributed by atoms with Gasteiger partial charge in [-0.05, 0) is 61.7 Å². The first-order valence-corrected chi connectivity index (χ1v) is 6.53.